The first-order valence-electron chi connectivity index (χ1n) is 7.08. The van der Waals surface area contributed by atoms with Crippen LogP contribution >= 0.6 is 0 Å². The summed E-state index contributed by atoms with van der Waals surface area (Å²) in [7, 11) is 0. The Bertz CT molecular complexity index is 545. The molecule has 3 N–H and O–H groups in total. The number of piperazine rings is 1. The van der Waals surface area contributed by atoms with Gasteiger partial charge in [-0.25, -0.2) is 0 Å². The van der Waals surface area contributed by atoms with E-state index < -0.39 is 5.91 Å². The van der Waals surface area contributed by atoms with Crippen molar-refractivity contribution in [2.24, 2.45) is 5.73 Å². The Morgan fingerprint density at radius 1 is 1.00 bits per heavy atom. The second kappa shape index (κ2) is 5.15. The normalized spacial score (nSPS) is 20.1. The van der Waals surface area contributed by atoms with Gasteiger partial charge in [0.2, 0.25) is 5.91 Å². The van der Waals surface area contributed by atoms with E-state index >= 15 is 0 Å². The Morgan fingerprint density at radius 3 is 1.86 bits per heavy atom. The van der Waals surface area contributed by atoms with Crippen molar-refractivity contribution in [1.82, 2.24) is 10.2 Å². The molecule has 5 nitrogen and oxygen atoms in total. The van der Waals surface area contributed by atoms with Gasteiger partial charge in [0.1, 0.15) is 0 Å². The summed E-state index contributed by atoms with van der Waals surface area (Å²) in [5.41, 5.74) is 5.93. The fraction of sp³-hybridized carbons (Fsp3) is 0.500. The van der Waals surface area contributed by atoms with Crippen molar-refractivity contribution in [1.29, 1.82) is 0 Å². The summed E-state index contributed by atoms with van der Waals surface area (Å²) >= 11 is 0. The van der Waals surface area contributed by atoms with Crippen molar-refractivity contribution >= 4 is 11.8 Å². The van der Waals surface area contributed by atoms with Gasteiger partial charge < -0.3 is 16.0 Å². The summed E-state index contributed by atoms with van der Waals surface area (Å²) in [5, 5.41) is 3.54. The molecule has 0 aromatic heterocycles. The largest absolute Gasteiger partial charge is 0.366 e. The fourth-order valence-electron chi connectivity index (χ4n) is 3.11. The third-order valence-electron chi connectivity index (χ3n) is 3.55. The first-order chi connectivity index (χ1) is 9.60. The van der Waals surface area contributed by atoms with E-state index in [4.69, 9.17) is 5.73 Å². The first-order valence-corrected chi connectivity index (χ1v) is 7.08. The number of primary amides is 1. The van der Waals surface area contributed by atoms with E-state index in [0.29, 0.717) is 24.2 Å². The Morgan fingerprint density at radius 2 is 1.43 bits per heavy atom. The van der Waals surface area contributed by atoms with Crippen molar-refractivity contribution < 1.29 is 9.59 Å². The molecule has 2 rings (SSSR count). The number of nitrogens with zero attached hydrogens (tertiary/aromatic N) is 1. The number of amides is 2. The number of rotatable bonds is 2. The maximum atomic E-state index is 12.6. The summed E-state index contributed by atoms with van der Waals surface area (Å²) < 4.78 is 0. The third kappa shape index (κ3) is 3.61. The molecule has 21 heavy (non-hydrogen) atoms. The zero-order chi connectivity index (χ0) is 15.8. The molecule has 5 heteroatoms. The van der Waals surface area contributed by atoms with Crippen LogP contribution in [-0.4, -0.2) is 40.9 Å². The molecule has 1 heterocycles. The number of hydrogen-bond donors (Lipinski definition) is 2. The van der Waals surface area contributed by atoms with Crippen LogP contribution in [0.4, 0.5) is 0 Å². The summed E-state index contributed by atoms with van der Waals surface area (Å²) in [4.78, 5) is 25.6. The highest BCUT2D eigenvalue weighted by Gasteiger charge is 2.38. The lowest BCUT2D eigenvalue weighted by Gasteiger charge is -2.48. The van der Waals surface area contributed by atoms with Crippen LogP contribution in [0.3, 0.4) is 0 Å². The van der Waals surface area contributed by atoms with Crippen molar-refractivity contribution in [2.45, 2.75) is 38.8 Å². The predicted octanol–water partition coefficient (Wildman–Crippen LogP) is 1.39. The number of benzene rings is 1. The molecular weight excluding hydrogens is 266 g/mol. The lowest BCUT2D eigenvalue weighted by Crippen LogP contribution is -2.67. The van der Waals surface area contributed by atoms with Gasteiger partial charge in [-0.15, -0.1) is 0 Å². The van der Waals surface area contributed by atoms with Crippen LogP contribution < -0.4 is 11.1 Å². The average molecular weight is 289 g/mol. The van der Waals surface area contributed by atoms with Crippen LogP contribution in [0.5, 0.6) is 0 Å². The van der Waals surface area contributed by atoms with Crippen molar-refractivity contribution in [3.05, 3.63) is 35.4 Å². The van der Waals surface area contributed by atoms with Gasteiger partial charge in [-0.3, -0.25) is 9.59 Å². The first kappa shape index (κ1) is 15.5. The molecular formula is C16H23N3O2. The monoisotopic (exact) mass is 289 g/mol. The number of nitrogens with one attached hydrogen (secondary N) is 1. The van der Waals surface area contributed by atoms with E-state index in [-0.39, 0.29) is 17.0 Å². The molecule has 2 amide bonds. The van der Waals surface area contributed by atoms with E-state index in [1.807, 2.05) is 4.90 Å². The molecule has 1 aliphatic heterocycles. The van der Waals surface area contributed by atoms with Crippen LogP contribution in [0.1, 0.15) is 48.4 Å². The Balaban J connectivity index is 2.21. The Kier molecular flexibility index (Phi) is 3.80. The Labute approximate surface area is 125 Å². The SMILES string of the molecule is CC1(C)CN(C(=O)c2ccc(C(N)=O)cc2)CC(C)(C)N1. The van der Waals surface area contributed by atoms with Gasteiger partial charge in [-0.1, -0.05) is 0 Å². The smallest absolute Gasteiger partial charge is 0.253 e. The number of carbonyl (C=O) groups is 2. The van der Waals surface area contributed by atoms with Crippen molar-refractivity contribution in [3.8, 4) is 0 Å². The number of carbonyl (C=O) groups excluding carboxylic acids is 2. The van der Waals surface area contributed by atoms with Gasteiger partial charge in [0.25, 0.3) is 5.91 Å². The minimum Gasteiger partial charge on any atom is -0.366 e. The van der Waals surface area contributed by atoms with E-state index in [0.717, 1.165) is 0 Å². The van der Waals surface area contributed by atoms with Crippen LogP contribution in [-0.2, 0) is 0 Å². The molecule has 1 saturated heterocycles. The maximum absolute atomic E-state index is 12.6. The minimum atomic E-state index is -0.488. The van der Waals surface area contributed by atoms with E-state index in [2.05, 4.69) is 33.0 Å². The maximum Gasteiger partial charge on any atom is 0.253 e. The highest BCUT2D eigenvalue weighted by molar-refractivity contribution is 5.97. The molecule has 114 valence electrons. The second-order valence-electron chi connectivity index (χ2n) is 7.00. The summed E-state index contributed by atoms with van der Waals surface area (Å²) in [6, 6.07) is 6.50. The highest BCUT2D eigenvalue weighted by Crippen LogP contribution is 2.22. The lowest BCUT2D eigenvalue weighted by molar-refractivity contribution is 0.0472. The number of hydrogen-bond acceptors (Lipinski definition) is 3. The quantitative estimate of drug-likeness (QED) is 0.864. The molecule has 1 aromatic rings. The van der Waals surface area contributed by atoms with Crippen molar-refractivity contribution in [3.63, 3.8) is 0 Å². The molecule has 1 aromatic carbocycles. The van der Waals surface area contributed by atoms with Crippen LogP contribution in [0.15, 0.2) is 24.3 Å². The molecule has 0 bridgehead atoms. The summed E-state index contributed by atoms with van der Waals surface area (Å²) in [6.45, 7) is 9.64. The molecule has 0 radical (unpaired) electrons. The molecule has 1 aliphatic rings. The Hall–Kier alpha value is -1.88. The zero-order valence-electron chi connectivity index (χ0n) is 13.1. The van der Waals surface area contributed by atoms with E-state index in [1.165, 1.54) is 0 Å². The third-order valence-corrected chi connectivity index (χ3v) is 3.55. The van der Waals surface area contributed by atoms with Gasteiger partial charge in [0.15, 0.2) is 0 Å². The van der Waals surface area contributed by atoms with Gasteiger partial charge >= 0.3 is 0 Å². The highest BCUT2D eigenvalue weighted by atomic mass is 16.2. The summed E-state index contributed by atoms with van der Waals surface area (Å²) in [5.74, 6) is -0.507. The van der Waals surface area contributed by atoms with Gasteiger partial charge in [0.05, 0.1) is 0 Å². The molecule has 0 spiro atoms. The zero-order valence-corrected chi connectivity index (χ0v) is 13.1. The number of nitrogens with two attached hydrogens (primary N) is 1. The van der Waals surface area contributed by atoms with Crippen LogP contribution in [0.25, 0.3) is 0 Å². The lowest BCUT2D eigenvalue weighted by atomic mass is 9.91. The predicted molar refractivity (Wildman–Crippen MR) is 82.2 cm³/mol. The summed E-state index contributed by atoms with van der Waals surface area (Å²) in [6.07, 6.45) is 0. The van der Waals surface area contributed by atoms with E-state index in [9.17, 15) is 9.59 Å². The van der Waals surface area contributed by atoms with Crippen LogP contribution in [0, 0.1) is 0 Å². The van der Waals surface area contributed by atoms with Crippen LogP contribution in [0.2, 0.25) is 0 Å². The van der Waals surface area contributed by atoms with Crippen molar-refractivity contribution in [2.75, 3.05) is 13.1 Å². The minimum absolute atomic E-state index is 0.0197. The molecule has 0 saturated carbocycles. The molecule has 0 atom stereocenters. The topological polar surface area (TPSA) is 75.4 Å². The van der Waals surface area contributed by atoms with E-state index in [1.54, 1.807) is 24.3 Å². The molecule has 0 aliphatic carbocycles. The van der Waals surface area contributed by atoms with Gasteiger partial charge in [0, 0.05) is 35.3 Å². The van der Waals surface area contributed by atoms with Gasteiger partial charge in [-0.2, -0.15) is 0 Å². The second-order valence-corrected chi connectivity index (χ2v) is 7.00. The van der Waals surface area contributed by atoms with Gasteiger partial charge in [-0.05, 0) is 52.0 Å². The molecule has 1 fully saturated rings. The fourth-order valence-corrected chi connectivity index (χ4v) is 3.11. The molecule has 0 unspecified atom stereocenters. The standard InChI is InChI=1S/C16H23N3O2/c1-15(2)9-19(10-16(3,4)18-15)14(21)12-7-5-11(6-8-12)13(17)20/h5-8,18H,9-10H2,1-4H3,(H2,17,20). The average Bonchev–Trinajstić information content (AvgIpc) is 2.34.